The molecule has 0 amide bonds. The zero-order valence-corrected chi connectivity index (χ0v) is 10.4. The molecule has 0 fully saturated rings. The summed E-state index contributed by atoms with van der Waals surface area (Å²) in [5, 5.41) is 0. The minimum atomic E-state index is 0.474. The molecule has 0 radical (unpaired) electrons. The molecule has 0 aliphatic carbocycles. The van der Waals surface area contributed by atoms with Gasteiger partial charge in [-0.2, -0.15) is 0 Å². The molecule has 0 aromatic carbocycles. The third-order valence-electron chi connectivity index (χ3n) is 2.79. The van der Waals surface area contributed by atoms with E-state index in [0.717, 1.165) is 19.4 Å². The van der Waals surface area contributed by atoms with E-state index < -0.39 is 0 Å². The molecule has 3 N–H and O–H groups in total. The van der Waals surface area contributed by atoms with E-state index in [1.807, 2.05) is 0 Å². The molecule has 0 saturated heterocycles. The molecule has 3 nitrogen and oxygen atoms in total. The van der Waals surface area contributed by atoms with Gasteiger partial charge in [0, 0.05) is 19.8 Å². The maximum Gasteiger partial charge on any atom is 0.0462 e. The Morgan fingerprint density at radius 3 is 2.33 bits per heavy atom. The fourth-order valence-corrected chi connectivity index (χ4v) is 1.78. The number of methoxy groups -OCH3 is 1. The van der Waals surface area contributed by atoms with Crippen LogP contribution in [0.25, 0.3) is 0 Å². The van der Waals surface area contributed by atoms with Crippen molar-refractivity contribution in [2.75, 3.05) is 13.7 Å². The fraction of sp³-hybridized carbons (Fsp3) is 1.00. The maximum absolute atomic E-state index is 5.51. The average Bonchev–Trinajstić information content (AvgIpc) is 2.26. The van der Waals surface area contributed by atoms with E-state index in [0.29, 0.717) is 6.04 Å². The second-order valence-electron chi connectivity index (χ2n) is 4.20. The molecular formula is C12H28N2O. The molecule has 0 heterocycles. The molecule has 0 aliphatic heterocycles. The predicted octanol–water partition coefficient (Wildman–Crippen LogP) is 2.61. The lowest BCUT2D eigenvalue weighted by Gasteiger charge is -2.15. The minimum absolute atomic E-state index is 0.474. The van der Waals surface area contributed by atoms with E-state index in [2.05, 4.69) is 12.3 Å². The Kier molecular flexibility index (Phi) is 11.9. The first kappa shape index (κ1) is 14.9. The van der Waals surface area contributed by atoms with Crippen LogP contribution >= 0.6 is 0 Å². The second kappa shape index (κ2) is 12.0. The Morgan fingerprint density at radius 1 is 1.07 bits per heavy atom. The Bertz CT molecular complexity index is 120. The highest BCUT2D eigenvalue weighted by molar-refractivity contribution is 4.63. The number of hydrogen-bond acceptors (Lipinski definition) is 3. The summed E-state index contributed by atoms with van der Waals surface area (Å²) in [5.74, 6) is 5.51. The Labute approximate surface area is 94.7 Å². The topological polar surface area (TPSA) is 47.3 Å². The van der Waals surface area contributed by atoms with Gasteiger partial charge in [0.25, 0.3) is 0 Å². The molecule has 0 aromatic rings. The quantitative estimate of drug-likeness (QED) is 0.317. The van der Waals surface area contributed by atoms with Crippen LogP contribution in [-0.2, 0) is 4.74 Å². The summed E-state index contributed by atoms with van der Waals surface area (Å²) >= 11 is 0. The highest BCUT2D eigenvalue weighted by Gasteiger charge is 2.05. The van der Waals surface area contributed by atoms with Crippen LogP contribution < -0.4 is 11.3 Å². The molecule has 0 spiro atoms. The summed E-state index contributed by atoms with van der Waals surface area (Å²) in [6.45, 7) is 3.09. The number of ether oxygens (including phenoxy) is 1. The van der Waals surface area contributed by atoms with Crippen molar-refractivity contribution in [1.29, 1.82) is 0 Å². The highest BCUT2D eigenvalue weighted by atomic mass is 16.5. The van der Waals surface area contributed by atoms with Crippen LogP contribution in [0.15, 0.2) is 0 Å². The summed E-state index contributed by atoms with van der Waals surface area (Å²) in [5.41, 5.74) is 2.90. The lowest BCUT2D eigenvalue weighted by atomic mass is 10.0. The van der Waals surface area contributed by atoms with E-state index in [4.69, 9.17) is 10.6 Å². The SMILES string of the molecule is CCCCCCCC(CCCOC)NN. The maximum atomic E-state index is 5.51. The van der Waals surface area contributed by atoms with Gasteiger partial charge in [0.05, 0.1) is 0 Å². The minimum Gasteiger partial charge on any atom is -0.385 e. The van der Waals surface area contributed by atoms with Crippen molar-refractivity contribution in [3.63, 3.8) is 0 Å². The van der Waals surface area contributed by atoms with Gasteiger partial charge in [-0.05, 0) is 19.3 Å². The Balaban J connectivity index is 3.28. The molecule has 0 aromatic heterocycles. The van der Waals surface area contributed by atoms with Crippen LogP contribution in [0.5, 0.6) is 0 Å². The first-order chi connectivity index (χ1) is 7.35. The number of hydrogen-bond donors (Lipinski definition) is 2. The lowest BCUT2D eigenvalue weighted by molar-refractivity contribution is 0.188. The first-order valence-electron chi connectivity index (χ1n) is 6.30. The Morgan fingerprint density at radius 2 is 1.73 bits per heavy atom. The van der Waals surface area contributed by atoms with Gasteiger partial charge in [-0.3, -0.25) is 11.3 Å². The molecule has 0 aliphatic rings. The molecule has 3 heteroatoms. The van der Waals surface area contributed by atoms with Gasteiger partial charge in [-0.15, -0.1) is 0 Å². The van der Waals surface area contributed by atoms with E-state index in [-0.39, 0.29) is 0 Å². The van der Waals surface area contributed by atoms with Crippen LogP contribution in [0.2, 0.25) is 0 Å². The molecule has 15 heavy (non-hydrogen) atoms. The van der Waals surface area contributed by atoms with E-state index in [9.17, 15) is 0 Å². The van der Waals surface area contributed by atoms with Gasteiger partial charge in [-0.25, -0.2) is 0 Å². The van der Waals surface area contributed by atoms with E-state index in [1.54, 1.807) is 7.11 Å². The van der Waals surface area contributed by atoms with Gasteiger partial charge in [0.1, 0.15) is 0 Å². The van der Waals surface area contributed by atoms with Crippen molar-refractivity contribution >= 4 is 0 Å². The van der Waals surface area contributed by atoms with E-state index >= 15 is 0 Å². The average molecular weight is 216 g/mol. The number of hydrazine groups is 1. The molecule has 0 saturated carbocycles. The first-order valence-corrected chi connectivity index (χ1v) is 6.30. The third kappa shape index (κ3) is 10.2. The largest absolute Gasteiger partial charge is 0.385 e. The summed E-state index contributed by atoms with van der Waals surface area (Å²) < 4.78 is 5.03. The van der Waals surface area contributed by atoms with Gasteiger partial charge in [0.15, 0.2) is 0 Å². The predicted molar refractivity (Wildman–Crippen MR) is 65.6 cm³/mol. The van der Waals surface area contributed by atoms with Crippen molar-refractivity contribution in [2.45, 2.75) is 64.3 Å². The fourth-order valence-electron chi connectivity index (χ4n) is 1.78. The van der Waals surface area contributed by atoms with Crippen molar-refractivity contribution in [3.8, 4) is 0 Å². The van der Waals surface area contributed by atoms with Gasteiger partial charge >= 0.3 is 0 Å². The van der Waals surface area contributed by atoms with Gasteiger partial charge in [0.2, 0.25) is 0 Å². The zero-order chi connectivity index (χ0) is 11.4. The molecule has 92 valence electrons. The zero-order valence-electron chi connectivity index (χ0n) is 10.4. The van der Waals surface area contributed by atoms with Crippen molar-refractivity contribution in [2.24, 2.45) is 5.84 Å². The van der Waals surface area contributed by atoms with Gasteiger partial charge in [-0.1, -0.05) is 39.0 Å². The number of unbranched alkanes of at least 4 members (excludes halogenated alkanes) is 4. The standard InChI is InChI=1S/C12H28N2O/c1-3-4-5-6-7-9-12(14-13)10-8-11-15-2/h12,14H,3-11,13H2,1-2H3. The normalized spacial score (nSPS) is 13.0. The smallest absolute Gasteiger partial charge is 0.0462 e. The van der Waals surface area contributed by atoms with Crippen molar-refractivity contribution < 1.29 is 4.74 Å². The van der Waals surface area contributed by atoms with Crippen LogP contribution in [0.3, 0.4) is 0 Å². The molecule has 1 atom stereocenters. The lowest BCUT2D eigenvalue weighted by Crippen LogP contribution is -2.35. The summed E-state index contributed by atoms with van der Waals surface area (Å²) in [7, 11) is 1.75. The van der Waals surface area contributed by atoms with Crippen LogP contribution in [0.1, 0.15) is 58.3 Å². The highest BCUT2D eigenvalue weighted by Crippen LogP contribution is 2.10. The summed E-state index contributed by atoms with van der Waals surface area (Å²) in [4.78, 5) is 0. The number of nitrogens with two attached hydrogens (primary N) is 1. The summed E-state index contributed by atoms with van der Waals surface area (Å²) in [6, 6.07) is 0.474. The van der Waals surface area contributed by atoms with Crippen LogP contribution in [0.4, 0.5) is 0 Å². The second-order valence-corrected chi connectivity index (χ2v) is 4.20. The van der Waals surface area contributed by atoms with Crippen LogP contribution in [0, 0.1) is 0 Å². The number of nitrogens with one attached hydrogen (secondary N) is 1. The number of rotatable bonds is 11. The molecule has 0 rings (SSSR count). The van der Waals surface area contributed by atoms with Crippen molar-refractivity contribution in [1.82, 2.24) is 5.43 Å². The molecule has 0 bridgehead atoms. The van der Waals surface area contributed by atoms with E-state index in [1.165, 1.54) is 38.5 Å². The molecular weight excluding hydrogens is 188 g/mol. The summed E-state index contributed by atoms with van der Waals surface area (Å²) in [6.07, 6.45) is 10.1. The third-order valence-corrected chi connectivity index (χ3v) is 2.79. The molecule has 1 unspecified atom stereocenters. The van der Waals surface area contributed by atoms with Crippen LogP contribution in [-0.4, -0.2) is 19.8 Å². The van der Waals surface area contributed by atoms with Gasteiger partial charge < -0.3 is 4.74 Å². The van der Waals surface area contributed by atoms with Crippen molar-refractivity contribution in [3.05, 3.63) is 0 Å². The monoisotopic (exact) mass is 216 g/mol. The Hall–Kier alpha value is -0.120.